The highest BCUT2D eigenvalue weighted by atomic mass is 16.6. The summed E-state index contributed by atoms with van der Waals surface area (Å²) >= 11 is 0. The van der Waals surface area contributed by atoms with Gasteiger partial charge in [0.05, 0.1) is 6.10 Å². The number of hydrogen-bond donors (Lipinski definition) is 1. The number of benzene rings is 1. The molecular formula is C16H22O4. The van der Waals surface area contributed by atoms with E-state index in [4.69, 9.17) is 14.6 Å². The lowest BCUT2D eigenvalue weighted by molar-refractivity contribution is -0.149. The molecule has 1 N–H and O–H groups in total. The van der Waals surface area contributed by atoms with Gasteiger partial charge in [0.2, 0.25) is 0 Å². The van der Waals surface area contributed by atoms with Crippen molar-refractivity contribution in [2.24, 2.45) is 0 Å². The Hall–Kier alpha value is -1.55. The van der Waals surface area contributed by atoms with E-state index >= 15 is 0 Å². The molecule has 0 spiro atoms. The van der Waals surface area contributed by atoms with Crippen LogP contribution >= 0.6 is 0 Å². The second-order valence-electron chi connectivity index (χ2n) is 5.22. The summed E-state index contributed by atoms with van der Waals surface area (Å²) in [6.07, 6.45) is 4.03. The molecule has 2 rings (SSSR count). The topological polar surface area (TPSA) is 55.8 Å². The van der Waals surface area contributed by atoms with Gasteiger partial charge in [-0.15, -0.1) is 0 Å². The third kappa shape index (κ3) is 4.23. The molecule has 1 aromatic rings. The molecule has 0 radical (unpaired) electrons. The molecule has 0 saturated carbocycles. The Morgan fingerprint density at radius 3 is 2.70 bits per heavy atom. The van der Waals surface area contributed by atoms with Crippen molar-refractivity contribution in [3.63, 3.8) is 0 Å². The SMILES string of the molecule is CCCCc1ccc(OCC2CCC(C(=O)O)O2)cc1. The number of aliphatic carboxylic acids is 1. The van der Waals surface area contributed by atoms with E-state index in [1.807, 2.05) is 12.1 Å². The first-order chi connectivity index (χ1) is 9.69. The largest absolute Gasteiger partial charge is 0.491 e. The third-order valence-electron chi connectivity index (χ3n) is 3.56. The van der Waals surface area contributed by atoms with Crippen LogP contribution in [-0.2, 0) is 16.0 Å². The zero-order valence-electron chi connectivity index (χ0n) is 11.9. The van der Waals surface area contributed by atoms with Gasteiger partial charge in [-0.3, -0.25) is 0 Å². The summed E-state index contributed by atoms with van der Waals surface area (Å²) in [4.78, 5) is 10.8. The summed E-state index contributed by atoms with van der Waals surface area (Å²) in [5.41, 5.74) is 1.32. The smallest absolute Gasteiger partial charge is 0.332 e. The molecule has 20 heavy (non-hydrogen) atoms. The lowest BCUT2D eigenvalue weighted by Gasteiger charge is -2.13. The quantitative estimate of drug-likeness (QED) is 0.833. The number of carboxylic acids is 1. The van der Waals surface area contributed by atoms with Crippen LogP contribution in [0.15, 0.2) is 24.3 Å². The van der Waals surface area contributed by atoms with Crippen molar-refractivity contribution in [2.75, 3.05) is 6.61 Å². The normalized spacial score (nSPS) is 21.9. The van der Waals surface area contributed by atoms with Crippen LogP contribution in [0, 0.1) is 0 Å². The summed E-state index contributed by atoms with van der Waals surface area (Å²) in [7, 11) is 0. The number of carbonyl (C=O) groups is 1. The second kappa shape index (κ2) is 7.29. The van der Waals surface area contributed by atoms with E-state index in [9.17, 15) is 4.79 Å². The van der Waals surface area contributed by atoms with Crippen molar-refractivity contribution in [3.8, 4) is 5.75 Å². The summed E-state index contributed by atoms with van der Waals surface area (Å²) < 4.78 is 11.1. The number of unbranched alkanes of at least 4 members (excludes halogenated alkanes) is 1. The van der Waals surface area contributed by atoms with Crippen molar-refractivity contribution in [1.29, 1.82) is 0 Å². The van der Waals surface area contributed by atoms with Gasteiger partial charge in [-0.1, -0.05) is 25.5 Å². The average Bonchev–Trinajstić information content (AvgIpc) is 2.93. The van der Waals surface area contributed by atoms with Crippen LogP contribution < -0.4 is 4.74 Å². The van der Waals surface area contributed by atoms with Crippen LogP contribution in [0.5, 0.6) is 5.75 Å². The van der Waals surface area contributed by atoms with E-state index in [1.165, 1.54) is 18.4 Å². The van der Waals surface area contributed by atoms with Gasteiger partial charge in [0.25, 0.3) is 0 Å². The van der Waals surface area contributed by atoms with Crippen LogP contribution in [-0.4, -0.2) is 29.9 Å². The Morgan fingerprint density at radius 2 is 2.10 bits per heavy atom. The van der Waals surface area contributed by atoms with Gasteiger partial charge in [-0.05, 0) is 43.4 Å². The average molecular weight is 278 g/mol. The molecule has 1 fully saturated rings. The van der Waals surface area contributed by atoms with Crippen LogP contribution in [0.4, 0.5) is 0 Å². The van der Waals surface area contributed by atoms with Gasteiger partial charge in [-0.25, -0.2) is 4.79 Å². The monoisotopic (exact) mass is 278 g/mol. The summed E-state index contributed by atoms with van der Waals surface area (Å²) in [5, 5.41) is 8.85. The maximum atomic E-state index is 10.8. The minimum absolute atomic E-state index is 0.115. The number of rotatable bonds is 7. The van der Waals surface area contributed by atoms with Gasteiger partial charge in [0.15, 0.2) is 6.10 Å². The first kappa shape index (κ1) is 14.9. The van der Waals surface area contributed by atoms with E-state index < -0.39 is 12.1 Å². The van der Waals surface area contributed by atoms with Crippen LogP contribution in [0.1, 0.15) is 38.2 Å². The maximum absolute atomic E-state index is 10.8. The Morgan fingerprint density at radius 1 is 1.35 bits per heavy atom. The minimum Gasteiger partial charge on any atom is -0.491 e. The molecular weight excluding hydrogens is 256 g/mol. The standard InChI is InChI=1S/C16H22O4/c1-2-3-4-12-5-7-13(8-6-12)19-11-14-9-10-15(20-14)16(17)18/h5-8,14-15H,2-4,9-11H2,1H3,(H,17,18). The predicted octanol–water partition coefficient (Wildman–Crippen LogP) is 3.04. The Kier molecular flexibility index (Phi) is 5.41. The van der Waals surface area contributed by atoms with Crippen molar-refractivity contribution >= 4 is 5.97 Å². The van der Waals surface area contributed by atoms with Gasteiger partial charge in [0, 0.05) is 0 Å². The number of carboxylic acid groups (broad SMARTS) is 1. The molecule has 0 aliphatic carbocycles. The molecule has 2 atom stereocenters. The highest BCUT2D eigenvalue weighted by Gasteiger charge is 2.30. The van der Waals surface area contributed by atoms with Crippen molar-refractivity contribution < 1.29 is 19.4 Å². The molecule has 1 aliphatic heterocycles. The molecule has 1 saturated heterocycles. The van der Waals surface area contributed by atoms with E-state index in [0.717, 1.165) is 18.6 Å². The Bertz CT molecular complexity index is 427. The minimum atomic E-state index is -0.882. The first-order valence-electron chi connectivity index (χ1n) is 7.29. The fourth-order valence-corrected chi connectivity index (χ4v) is 2.33. The lowest BCUT2D eigenvalue weighted by Crippen LogP contribution is -2.23. The van der Waals surface area contributed by atoms with E-state index in [-0.39, 0.29) is 6.10 Å². The van der Waals surface area contributed by atoms with Crippen molar-refractivity contribution in [2.45, 2.75) is 51.2 Å². The van der Waals surface area contributed by atoms with E-state index in [0.29, 0.717) is 13.0 Å². The molecule has 0 bridgehead atoms. The second-order valence-corrected chi connectivity index (χ2v) is 5.22. The van der Waals surface area contributed by atoms with Gasteiger partial charge >= 0.3 is 5.97 Å². The van der Waals surface area contributed by atoms with Gasteiger partial charge in [-0.2, -0.15) is 0 Å². The predicted molar refractivity (Wildman–Crippen MR) is 76.1 cm³/mol. The van der Waals surface area contributed by atoms with Crippen LogP contribution in [0.25, 0.3) is 0 Å². The molecule has 2 unspecified atom stereocenters. The van der Waals surface area contributed by atoms with E-state index in [2.05, 4.69) is 19.1 Å². The summed E-state index contributed by atoms with van der Waals surface area (Å²) in [6.45, 7) is 2.60. The number of aryl methyl sites for hydroxylation is 1. The molecule has 4 heteroatoms. The Labute approximate surface area is 119 Å². The summed E-state index contributed by atoms with van der Waals surface area (Å²) in [5.74, 6) is -0.0691. The lowest BCUT2D eigenvalue weighted by atomic mass is 10.1. The highest BCUT2D eigenvalue weighted by Crippen LogP contribution is 2.21. The molecule has 1 heterocycles. The van der Waals surface area contributed by atoms with Crippen LogP contribution in [0.2, 0.25) is 0 Å². The zero-order valence-corrected chi connectivity index (χ0v) is 11.9. The van der Waals surface area contributed by atoms with Crippen LogP contribution in [0.3, 0.4) is 0 Å². The number of ether oxygens (including phenoxy) is 2. The van der Waals surface area contributed by atoms with E-state index in [1.54, 1.807) is 0 Å². The molecule has 4 nitrogen and oxygen atoms in total. The molecule has 0 aromatic heterocycles. The Balaban J connectivity index is 1.75. The molecule has 1 aromatic carbocycles. The summed E-state index contributed by atoms with van der Waals surface area (Å²) in [6, 6.07) is 8.10. The van der Waals surface area contributed by atoms with Crippen molar-refractivity contribution in [3.05, 3.63) is 29.8 Å². The fourth-order valence-electron chi connectivity index (χ4n) is 2.33. The number of hydrogen-bond acceptors (Lipinski definition) is 3. The first-order valence-corrected chi connectivity index (χ1v) is 7.29. The third-order valence-corrected chi connectivity index (χ3v) is 3.56. The molecule has 0 amide bonds. The molecule has 1 aliphatic rings. The zero-order chi connectivity index (χ0) is 14.4. The van der Waals surface area contributed by atoms with Crippen molar-refractivity contribution in [1.82, 2.24) is 0 Å². The fraction of sp³-hybridized carbons (Fsp3) is 0.562. The van der Waals surface area contributed by atoms with Gasteiger partial charge < -0.3 is 14.6 Å². The highest BCUT2D eigenvalue weighted by molar-refractivity contribution is 5.72. The maximum Gasteiger partial charge on any atom is 0.332 e. The van der Waals surface area contributed by atoms with Gasteiger partial charge in [0.1, 0.15) is 12.4 Å². The molecule has 110 valence electrons.